The van der Waals surface area contributed by atoms with E-state index in [1.807, 2.05) is 0 Å². The van der Waals surface area contributed by atoms with Crippen LogP contribution in [0.25, 0.3) is 11.0 Å². The molecule has 2 aromatic rings. The Morgan fingerprint density at radius 2 is 2.08 bits per heavy atom. The molecule has 1 atom stereocenters. The number of hydrogen-bond acceptors (Lipinski definition) is 6. The largest absolute Gasteiger partial charge is 0.334 e. The lowest BCUT2D eigenvalue weighted by molar-refractivity contribution is -0.134. The first kappa shape index (κ1) is 16.2. The Kier molecular flexibility index (Phi) is 3.67. The lowest BCUT2D eigenvalue weighted by atomic mass is 10.2. The molecule has 0 N–H and O–H groups in total. The fourth-order valence-electron chi connectivity index (χ4n) is 3.46. The summed E-state index contributed by atoms with van der Waals surface area (Å²) in [5.74, 6) is -0.0850. The first-order chi connectivity index (χ1) is 11.9. The molecule has 10 heteroatoms. The molecule has 0 spiro atoms. The third-order valence-corrected chi connectivity index (χ3v) is 6.60. The Morgan fingerprint density at radius 3 is 2.72 bits per heavy atom. The molecular weight excluding hydrogens is 346 g/mol. The number of fused-ring (bicyclic) bond motifs is 1. The van der Waals surface area contributed by atoms with Crippen LogP contribution in [0.5, 0.6) is 0 Å². The molecule has 1 saturated heterocycles. The van der Waals surface area contributed by atoms with Crippen LogP contribution < -0.4 is 5.56 Å². The van der Waals surface area contributed by atoms with Gasteiger partial charge in [-0.2, -0.15) is 5.10 Å². The number of nitrogens with zero attached hydrogens (tertiary/aromatic N) is 5. The van der Waals surface area contributed by atoms with Gasteiger partial charge in [0, 0.05) is 19.1 Å². The van der Waals surface area contributed by atoms with Crippen molar-refractivity contribution in [2.24, 2.45) is 7.05 Å². The average Bonchev–Trinajstić information content (AvgIpc) is 3.21. The topological polar surface area (TPSA) is 107 Å². The number of aromatic nitrogens is 4. The number of amides is 1. The number of carbonyl (C=O) groups is 1. The van der Waals surface area contributed by atoms with Crippen molar-refractivity contribution in [3.63, 3.8) is 0 Å². The highest BCUT2D eigenvalue weighted by Gasteiger charge is 2.42. The highest BCUT2D eigenvalue weighted by Crippen LogP contribution is 2.32. The minimum atomic E-state index is -3.07. The average molecular weight is 365 g/mol. The highest BCUT2D eigenvalue weighted by molar-refractivity contribution is 7.91. The van der Waals surface area contributed by atoms with Crippen molar-refractivity contribution in [3.05, 3.63) is 22.9 Å². The van der Waals surface area contributed by atoms with Gasteiger partial charge in [-0.25, -0.2) is 13.4 Å². The van der Waals surface area contributed by atoms with Crippen LogP contribution in [0.15, 0.2) is 17.3 Å². The van der Waals surface area contributed by atoms with Crippen molar-refractivity contribution in [2.75, 3.05) is 11.5 Å². The van der Waals surface area contributed by atoms with Crippen molar-refractivity contribution < 1.29 is 13.2 Å². The molecule has 2 aromatic heterocycles. The Hall–Kier alpha value is -2.23. The SMILES string of the molecule is Cn1ncc2c(=O)n(CC(=O)N(C3CC3)C3CCS(=O)(=O)C3)cnc21. The number of carbonyl (C=O) groups excluding carboxylic acids is 1. The number of rotatable bonds is 4. The third kappa shape index (κ3) is 2.94. The molecule has 2 fully saturated rings. The summed E-state index contributed by atoms with van der Waals surface area (Å²) in [7, 11) is -1.38. The molecule has 25 heavy (non-hydrogen) atoms. The van der Waals surface area contributed by atoms with Gasteiger partial charge in [-0.15, -0.1) is 0 Å². The first-order valence-electron chi connectivity index (χ1n) is 8.24. The predicted octanol–water partition coefficient (Wildman–Crippen LogP) is -0.692. The van der Waals surface area contributed by atoms with E-state index in [2.05, 4.69) is 10.1 Å². The van der Waals surface area contributed by atoms with E-state index in [1.165, 1.54) is 21.8 Å². The molecule has 0 radical (unpaired) electrons. The van der Waals surface area contributed by atoms with Gasteiger partial charge in [-0.3, -0.25) is 18.8 Å². The van der Waals surface area contributed by atoms with Gasteiger partial charge < -0.3 is 4.90 Å². The summed E-state index contributed by atoms with van der Waals surface area (Å²) in [5.41, 5.74) is 0.149. The molecule has 1 amide bonds. The highest BCUT2D eigenvalue weighted by atomic mass is 32.2. The van der Waals surface area contributed by atoms with Gasteiger partial charge in [0.15, 0.2) is 15.5 Å². The molecule has 0 aromatic carbocycles. The van der Waals surface area contributed by atoms with Crippen LogP contribution in [-0.4, -0.2) is 62.1 Å². The van der Waals surface area contributed by atoms with E-state index >= 15 is 0 Å². The first-order valence-corrected chi connectivity index (χ1v) is 10.1. The second kappa shape index (κ2) is 5.65. The van der Waals surface area contributed by atoms with Crippen molar-refractivity contribution >= 4 is 26.8 Å². The van der Waals surface area contributed by atoms with Gasteiger partial charge >= 0.3 is 0 Å². The summed E-state index contributed by atoms with van der Waals surface area (Å²) in [6.45, 7) is -0.135. The van der Waals surface area contributed by atoms with E-state index < -0.39 is 9.84 Å². The fraction of sp³-hybridized carbons (Fsp3) is 0.600. The molecule has 1 aliphatic heterocycles. The second-order valence-corrected chi connectivity index (χ2v) is 9.00. The molecule has 2 aliphatic rings. The Bertz CT molecular complexity index is 1000. The van der Waals surface area contributed by atoms with Crippen LogP contribution in [0, 0.1) is 0 Å². The van der Waals surface area contributed by atoms with Crippen molar-refractivity contribution in [1.29, 1.82) is 0 Å². The monoisotopic (exact) mass is 365 g/mol. The zero-order chi connectivity index (χ0) is 17.8. The second-order valence-electron chi connectivity index (χ2n) is 6.77. The summed E-state index contributed by atoms with van der Waals surface area (Å²) in [5, 5.41) is 4.37. The van der Waals surface area contributed by atoms with E-state index in [1.54, 1.807) is 11.9 Å². The summed E-state index contributed by atoms with van der Waals surface area (Å²) < 4.78 is 26.3. The van der Waals surface area contributed by atoms with E-state index in [-0.39, 0.29) is 41.6 Å². The molecule has 1 aliphatic carbocycles. The number of sulfone groups is 1. The molecular formula is C15H19N5O4S. The van der Waals surface area contributed by atoms with E-state index in [0.717, 1.165) is 12.8 Å². The van der Waals surface area contributed by atoms with E-state index in [9.17, 15) is 18.0 Å². The Labute approximate surface area is 144 Å². The molecule has 0 bridgehead atoms. The molecule has 1 saturated carbocycles. The maximum atomic E-state index is 12.8. The van der Waals surface area contributed by atoms with Crippen LogP contribution in [0.1, 0.15) is 19.3 Å². The van der Waals surface area contributed by atoms with Crippen LogP contribution in [0.4, 0.5) is 0 Å². The van der Waals surface area contributed by atoms with Gasteiger partial charge in [0.05, 0.1) is 17.7 Å². The lowest BCUT2D eigenvalue weighted by Crippen LogP contribution is -2.45. The quantitative estimate of drug-likeness (QED) is 0.710. The van der Waals surface area contributed by atoms with Gasteiger partial charge in [0.25, 0.3) is 5.56 Å². The maximum absolute atomic E-state index is 12.8. The molecule has 134 valence electrons. The molecule has 3 heterocycles. The van der Waals surface area contributed by atoms with E-state index in [4.69, 9.17) is 0 Å². The number of aryl methyl sites for hydroxylation is 1. The fourth-order valence-corrected chi connectivity index (χ4v) is 5.17. The summed E-state index contributed by atoms with van der Waals surface area (Å²) in [6, 6.07) is -0.188. The van der Waals surface area contributed by atoms with Crippen molar-refractivity contribution in [2.45, 2.75) is 37.9 Å². The van der Waals surface area contributed by atoms with Crippen molar-refractivity contribution in [3.8, 4) is 0 Å². The zero-order valence-electron chi connectivity index (χ0n) is 13.8. The predicted molar refractivity (Wildman–Crippen MR) is 89.7 cm³/mol. The van der Waals surface area contributed by atoms with E-state index in [0.29, 0.717) is 17.5 Å². The summed E-state index contributed by atoms with van der Waals surface area (Å²) in [4.78, 5) is 31.2. The molecule has 9 nitrogen and oxygen atoms in total. The lowest BCUT2D eigenvalue weighted by Gasteiger charge is -2.28. The number of hydrogen-bond donors (Lipinski definition) is 0. The van der Waals surface area contributed by atoms with Crippen LogP contribution in [-0.2, 0) is 28.2 Å². The van der Waals surface area contributed by atoms with Crippen LogP contribution in [0.3, 0.4) is 0 Å². The minimum absolute atomic E-state index is 0.0179. The Morgan fingerprint density at radius 1 is 1.32 bits per heavy atom. The standard InChI is InChI=1S/C15H19N5O4S/c1-18-14-12(6-17-18)15(22)19(9-16-14)7-13(21)20(10-2-3-10)11-4-5-25(23,24)8-11/h6,9-11H,2-5,7-8H2,1H3. The van der Waals surface area contributed by atoms with Crippen molar-refractivity contribution in [1.82, 2.24) is 24.2 Å². The van der Waals surface area contributed by atoms with Gasteiger partial charge in [-0.1, -0.05) is 0 Å². The van der Waals surface area contributed by atoms with Crippen LogP contribution in [0.2, 0.25) is 0 Å². The molecule has 1 unspecified atom stereocenters. The van der Waals surface area contributed by atoms with Crippen LogP contribution >= 0.6 is 0 Å². The van der Waals surface area contributed by atoms with Gasteiger partial charge in [0.2, 0.25) is 5.91 Å². The van der Waals surface area contributed by atoms with Gasteiger partial charge in [0.1, 0.15) is 18.3 Å². The zero-order valence-corrected chi connectivity index (χ0v) is 14.6. The summed E-state index contributed by atoms with van der Waals surface area (Å²) in [6.07, 6.45) is 5.03. The minimum Gasteiger partial charge on any atom is -0.334 e. The smallest absolute Gasteiger partial charge is 0.264 e. The molecule has 4 rings (SSSR count). The normalized spacial score (nSPS) is 22.4. The summed E-state index contributed by atoms with van der Waals surface area (Å²) >= 11 is 0. The third-order valence-electron chi connectivity index (χ3n) is 4.85. The Balaban J connectivity index is 1.60. The van der Waals surface area contributed by atoms with Gasteiger partial charge in [-0.05, 0) is 19.3 Å². The maximum Gasteiger partial charge on any atom is 0.264 e.